The molecule has 0 spiro atoms. The molecule has 112 valence electrons. The number of hydrogen-bond acceptors (Lipinski definition) is 5. The second-order valence-electron chi connectivity index (χ2n) is 4.01. The quantitative estimate of drug-likeness (QED) is 0.678. The van der Waals surface area contributed by atoms with Crippen molar-refractivity contribution in [3.63, 3.8) is 0 Å². The summed E-state index contributed by atoms with van der Waals surface area (Å²) in [5.41, 5.74) is 0. The molecule has 0 saturated carbocycles. The van der Waals surface area contributed by atoms with Gasteiger partial charge >= 0.3 is 5.97 Å². The van der Waals surface area contributed by atoms with Crippen LogP contribution in [0.4, 0.5) is 0 Å². The number of H-pyrrole nitrogens is 1. The fourth-order valence-corrected chi connectivity index (χ4v) is 2.49. The van der Waals surface area contributed by atoms with Gasteiger partial charge in [-0.15, -0.1) is 0 Å². The minimum Gasteiger partial charge on any atom is -0.482 e. The summed E-state index contributed by atoms with van der Waals surface area (Å²) >= 11 is 0. The number of hydrogen-bond donors (Lipinski definition) is 3. The second-order valence-corrected chi connectivity index (χ2v) is 5.78. The third kappa shape index (κ3) is 4.29. The SMILES string of the molecule is O=C(O)COc1ccc(S(=O)(=O)NCc2ncc[nH]2)cc1. The number of rotatable bonds is 7. The predicted molar refractivity (Wildman–Crippen MR) is 72.2 cm³/mol. The summed E-state index contributed by atoms with van der Waals surface area (Å²) in [4.78, 5) is 17.1. The maximum Gasteiger partial charge on any atom is 0.341 e. The van der Waals surface area contributed by atoms with Crippen molar-refractivity contribution < 1.29 is 23.1 Å². The maximum absolute atomic E-state index is 12.0. The molecule has 0 aliphatic heterocycles. The van der Waals surface area contributed by atoms with Crippen molar-refractivity contribution in [1.29, 1.82) is 0 Å². The molecule has 1 aromatic heterocycles. The van der Waals surface area contributed by atoms with Crippen LogP contribution in [0.3, 0.4) is 0 Å². The standard InChI is InChI=1S/C12H13N3O5S/c16-12(17)8-20-9-1-3-10(4-2-9)21(18,19)15-7-11-13-5-6-14-11/h1-6,15H,7-8H2,(H,13,14)(H,16,17). The van der Waals surface area contributed by atoms with Crippen LogP contribution in [0.2, 0.25) is 0 Å². The number of nitrogens with one attached hydrogen (secondary N) is 2. The number of aromatic amines is 1. The third-order valence-electron chi connectivity index (χ3n) is 2.48. The van der Waals surface area contributed by atoms with E-state index in [9.17, 15) is 13.2 Å². The van der Waals surface area contributed by atoms with E-state index >= 15 is 0 Å². The summed E-state index contributed by atoms with van der Waals surface area (Å²) < 4.78 is 31.3. The number of benzene rings is 1. The first-order chi connectivity index (χ1) is 9.97. The first kappa shape index (κ1) is 15.0. The lowest BCUT2D eigenvalue weighted by molar-refractivity contribution is -0.139. The normalized spacial score (nSPS) is 11.2. The lowest BCUT2D eigenvalue weighted by Crippen LogP contribution is -2.23. The highest BCUT2D eigenvalue weighted by Gasteiger charge is 2.14. The topological polar surface area (TPSA) is 121 Å². The molecule has 0 radical (unpaired) electrons. The minimum atomic E-state index is -3.67. The molecule has 2 rings (SSSR count). The number of carbonyl (C=O) groups is 1. The Labute approximate surface area is 120 Å². The van der Waals surface area contributed by atoms with Gasteiger partial charge in [0.15, 0.2) is 6.61 Å². The van der Waals surface area contributed by atoms with Crippen LogP contribution in [0.1, 0.15) is 5.82 Å². The number of aromatic nitrogens is 2. The molecule has 0 atom stereocenters. The number of nitrogens with zero attached hydrogens (tertiary/aromatic N) is 1. The van der Waals surface area contributed by atoms with Crippen molar-refractivity contribution in [1.82, 2.24) is 14.7 Å². The van der Waals surface area contributed by atoms with Crippen LogP contribution in [0.15, 0.2) is 41.6 Å². The van der Waals surface area contributed by atoms with Crippen molar-refractivity contribution in [2.75, 3.05) is 6.61 Å². The van der Waals surface area contributed by atoms with Crippen LogP contribution >= 0.6 is 0 Å². The maximum atomic E-state index is 12.0. The fraction of sp³-hybridized carbons (Fsp3) is 0.167. The molecule has 0 amide bonds. The molecule has 1 aromatic carbocycles. The van der Waals surface area contributed by atoms with Crippen molar-refractivity contribution in [3.8, 4) is 5.75 Å². The van der Waals surface area contributed by atoms with E-state index in [2.05, 4.69) is 14.7 Å². The molecule has 1 heterocycles. The molecular formula is C12H13N3O5S. The van der Waals surface area contributed by atoms with Gasteiger partial charge in [-0.1, -0.05) is 0 Å². The van der Waals surface area contributed by atoms with Gasteiger partial charge in [-0.2, -0.15) is 0 Å². The molecule has 9 heteroatoms. The first-order valence-corrected chi connectivity index (χ1v) is 7.38. The number of carboxylic acids is 1. The summed E-state index contributed by atoms with van der Waals surface area (Å²) in [7, 11) is -3.67. The van der Waals surface area contributed by atoms with Crippen LogP contribution in [-0.2, 0) is 21.4 Å². The number of imidazole rings is 1. The number of carboxylic acid groups (broad SMARTS) is 1. The van der Waals surface area contributed by atoms with Crippen molar-refractivity contribution in [2.24, 2.45) is 0 Å². The summed E-state index contributed by atoms with van der Waals surface area (Å²) in [5, 5.41) is 8.48. The molecule has 8 nitrogen and oxygen atoms in total. The molecule has 0 saturated heterocycles. The lowest BCUT2D eigenvalue weighted by Gasteiger charge is -2.07. The van der Waals surface area contributed by atoms with Gasteiger partial charge in [-0.3, -0.25) is 0 Å². The Balaban J connectivity index is 2.01. The molecule has 21 heavy (non-hydrogen) atoms. The zero-order valence-electron chi connectivity index (χ0n) is 10.8. The van der Waals surface area contributed by atoms with Crippen LogP contribution in [-0.4, -0.2) is 36.1 Å². The Morgan fingerprint density at radius 2 is 2.05 bits per heavy atom. The van der Waals surface area contributed by atoms with Gasteiger partial charge in [0.1, 0.15) is 11.6 Å². The van der Waals surface area contributed by atoms with E-state index in [0.717, 1.165) is 0 Å². The molecular weight excluding hydrogens is 298 g/mol. The summed E-state index contributed by atoms with van der Waals surface area (Å²) in [6.45, 7) is -0.435. The Morgan fingerprint density at radius 1 is 1.33 bits per heavy atom. The molecule has 0 bridgehead atoms. The zero-order chi connectivity index (χ0) is 15.3. The summed E-state index contributed by atoms with van der Waals surface area (Å²) in [5.74, 6) is -0.325. The Hall–Kier alpha value is -2.39. The van der Waals surface area contributed by atoms with Crippen LogP contribution in [0.25, 0.3) is 0 Å². The average Bonchev–Trinajstić information content (AvgIpc) is 2.97. The fourth-order valence-electron chi connectivity index (χ4n) is 1.50. The Morgan fingerprint density at radius 3 is 2.62 bits per heavy atom. The van der Waals surface area contributed by atoms with Crippen LogP contribution < -0.4 is 9.46 Å². The van der Waals surface area contributed by atoms with Gasteiger partial charge in [-0.25, -0.2) is 22.9 Å². The van der Waals surface area contributed by atoms with E-state index < -0.39 is 22.6 Å². The zero-order valence-corrected chi connectivity index (χ0v) is 11.6. The van der Waals surface area contributed by atoms with Crippen molar-refractivity contribution >= 4 is 16.0 Å². The van der Waals surface area contributed by atoms with E-state index in [1.54, 1.807) is 6.20 Å². The average molecular weight is 311 g/mol. The van der Waals surface area contributed by atoms with Crippen LogP contribution in [0, 0.1) is 0 Å². The number of ether oxygens (including phenoxy) is 1. The molecule has 0 aliphatic carbocycles. The van der Waals surface area contributed by atoms with Crippen molar-refractivity contribution in [2.45, 2.75) is 11.4 Å². The van der Waals surface area contributed by atoms with Crippen molar-refractivity contribution in [3.05, 3.63) is 42.5 Å². The molecule has 0 aliphatic rings. The highest BCUT2D eigenvalue weighted by atomic mass is 32.2. The summed E-state index contributed by atoms with van der Waals surface area (Å²) in [6, 6.07) is 5.46. The molecule has 3 N–H and O–H groups in total. The highest BCUT2D eigenvalue weighted by molar-refractivity contribution is 7.89. The third-order valence-corrected chi connectivity index (χ3v) is 3.90. The lowest BCUT2D eigenvalue weighted by atomic mass is 10.3. The highest BCUT2D eigenvalue weighted by Crippen LogP contribution is 2.16. The largest absolute Gasteiger partial charge is 0.482 e. The minimum absolute atomic E-state index is 0.0482. The second kappa shape index (κ2) is 6.37. The van der Waals surface area contributed by atoms with E-state index in [-0.39, 0.29) is 17.2 Å². The van der Waals surface area contributed by atoms with E-state index in [4.69, 9.17) is 9.84 Å². The number of aliphatic carboxylic acids is 1. The van der Waals surface area contributed by atoms with Gasteiger partial charge in [0.2, 0.25) is 10.0 Å². The number of sulfonamides is 1. The van der Waals surface area contributed by atoms with Gasteiger partial charge in [0.05, 0.1) is 11.4 Å². The first-order valence-electron chi connectivity index (χ1n) is 5.90. The summed E-state index contributed by atoms with van der Waals surface area (Å²) in [6.07, 6.45) is 3.12. The van der Waals surface area contributed by atoms with Gasteiger partial charge in [-0.05, 0) is 24.3 Å². The van der Waals surface area contributed by atoms with E-state index in [0.29, 0.717) is 5.82 Å². The van der Waals surface area contributed by atoms with Gasteiger partial charge < -0.3 is 14.8 Å². The van der Waals surface area contributed by atoms with Crippen LogP contribution in [0.5, 0.6) is 5.75 Å². The van der Waals surface area contributed by atoms with Gasteiger partial charge in [0, 0.05) is 12.4 Å². The van der Waals surface area contributed by atoms with E-state index in [1.807, 2.05) is 0 Å². The van der Waals surface area contributed by atoms with E-state index in [1.165, 1.54) is 30.5 Å². The molecule has 0 unspecified atom stereocenters. The predicted octanol–water partition coefficient (Wildman–Crippen LogP) is 0.352. The smallest absolute Gasteiger partial charge is 0.341 e. The molecule has 2 aromatic rings. The molecule has 0 fully saturated rings. The Bertz CT molecular complexity index is 695. The van der Waals surface area contributed by atoms with Gasteiger partial charge in [0.25, 0.3) is 0 Å². The Kier molecular flexibility index (Phi) is 4.55. The monoisotopic (exact) mass is 311 g/mol.